The number of hydrogen-bond acceptors (Lipinski definition) is 3. The summed E-state index contributed by atoms with van der Waals surface area (Å²) in [7, 11) is 0. The maximum Gasteiger partial charge on any atom is 0.155 e. The van der Waals surface area contributed by atoms with E-state index in [2.05, 4.69) is 9.97 Å². The van der Waals surface area contributed by atoms with Crippen LogP contribution in [0.4, 0.5) is 0 Å². The Morgan fingerprint density at radius 2 is 1.86 bits per heavy atom. The minimum Gasteiger partial charge on any atom is -0.388 e. The normalized spacial score (nSPS) is 11.2. The van der Waals surface area contributed by atoms with Crippen LogP contribution in [0.15, 0.2) is 18.2 Å². The van der Waals surface area contributed by atoms with Crippen LogP contribution in [0.2, 0.25) is 15.2 Å². The molecule has 0 aliphatic heterocycles. The maximum absolute atomic E-state index is 9.20. The summed E-state index contributed by atoms with van der Waals surface area (Å²) in [5.41, 5.74) is 2.56. The lowest BCUT2D eigenvalue weighted by Gasteiger charge is -2.15. The van der Waals surface area contributed by atoms with Crippen LogP contribution >= 0.6 is 34.8 Å². The van der Waals surface area contributed by atoms with E-state index < -0.39 is 0 Å². The van der Waals surface area contributed by atoms with E-state index in [1.165, 1.54) is 0 Å². The van der Waals surface area contributed by atoms with Crippen molar-refractivity contribution in [3.05, 3.63) is 56.0 Å². The van der Waals surface area contributed by atoms with Gasteiger partial charge in [0.05, 0.1) is 5.69 Å². The van der Waals surface area contributed by atoms with Crippen molar-refractivity contribution in [3.63, 3.8) is 0 Å². The van der Waals surface area contributed by atoms with Crippen LogP contribution in [-0.2, 0) is 13.0 Å². The standard InChI is InChI=1S/C15H15Cl3N2O/c1-8(2)14-11(15(18)20-13(7-21)19-14)5-9-3-4-10(16)6-12(9)17/h3-4,6,8,21H,5,7H2,1-2H3. The molecule has 1 aromatic carbocycles. The molecule has 21 heavy (non-hydrogen) atoms. The molecule has 0 saturated heterocycles. The highest BCUT2D eigenvalue weighted by molar-refractivity contribution is 6.35. The van der Waals surface area contributed by atoms with E-state index >= 15 is 0 Å². The Balaban J connectivity index is 2.47. The first-order valence-electron chi connectivity index (χ1n) is 6.52. The van der Waals surface area contributed by atoms with E-state index in [1.54, 1.807) is 12.1 Å². The third-order valence-corrected chi connectivity index (χ3v) is 4.01. The number of halogens is 3. The van der Waals surface area contributed by atoms with Gasteiger partial charge in [0.1, 0.15) is 11.8 Å². The number of aromatic nitrogens is 2. The molecule has 0 fully saturated rings. The van der Waals surface area contributed by atoms with Crippen LogP contribution < -0.4 is 0 Å². The largest absolute Gasteiger partial charge is 0.388 e. The first-order chi connectivity index (χ1) is 9.92. The predicted octanol–water partition coefficient (Wildman–Crippen LogP) is 4.64. The summed E-state index contributed by atoms with van der Waals surface area (Å²) < 4.78 is 0. The van der Waals surface area contributed by atoms with Crippen LogP contribution in [0.25, 0.3) is 0 Å². The van der Waals surface area contributed by atoms with Gasteiger partial charge in [0.2, 0.25) is 0 Å². The molecule has 0 unspecified atom stereocenters. The van der Waals surface area contributed by atoms with Gasteiger partial charge in [-0.15, -0.1) is 0 Å². The molecule has 0 amide bonds. The molecule has 0 spiro atoms. The molecule has 112 valence electrons. The quantitative estimate of drug-likeness (QED) is 0.821. The van der Waals surface area contributed by atoms with Crippen molar-refractivity contribution in [2.75, 3.05) is 0 Å². The smallest absolute Gasteiger partial charge is 0.155 e. The molecule has 0 bridgehead atoms. The second-order valence-electron chi connectivity index (χ2n) is 5.02. The van der Waals surface area contributed by atoms with Gasteiger partial charge in [-0.3, -0.25) is 0 Å². The Morgan fingerprint density at radius 3 is 2.43 bits per heavy atom. The van der Waals surface area contributed by atoms with E-state index in [1.807, 2.05) is 19.9 Å². The van der Waals surface area contributed by atoms with Gasteiger partial charge in [0.25, 0.3) is 0 Å². The van der Waals surface area contributed by atoms with Gasteiger partial charge in [-0.2, -0.15) is 0 Å². The number of nitrogens with zero attached hydrogens (tertiary/aromatic N) is 2. The van der Waals surface area contributed by atoms with Gasteiger partial charge in [-0.25, -0.2) is 9.97 Å². The fourth-order valence-corrected chi connectivity index (χ4v) is 2.82. The molecule has 0 aliphatic rings. The maximum atomic E-state index is 9.20. The average Bonchev–Trinajstić information content (AvgIpc) is 2.42. The predicted molar refractivity (Wildman–Crippen MR) is 86.3 cm³/mol. The molecule has 6 heteroatoms. The molecule has 1 N–H and O–H groups in total. The van der Waals surface area contributed by atoms with E-state index in [0.29, 0.717) is 27.4 Å². The summed E-state index contributed by atoms with van der Waals surface area (Å²) >= 11 is 18.4. The lowest BCUT2D eigenvalue weighted by atomic mass is 9.99. The summed E-state index contributed by atoms with van der Waals surface area (Å²) in [4.78, 5) is 8.49. The van der Waals surface area contributed by atoms with Crippen molar-refractivity contribution in [1.29, 1.82) is 0 Å². The zero-order valence-corrected chi connectivity index (χ0v) is 14.0. The molecule has 2 rings (SSSR count). The molecule has 2 aromatic rings. The average molecular weight is 346 g/mol. The summed E-state index contributed by atoms with van der Waals surface area (Å²) in [5, 5.41) is 10.7. The van der Waals surface area contributed by atoms with Crippen molar-refractivity contribution >= 4 is 34.8 Å². The summed E-state index contributed by atoms with van der Waals surface area (Å²) in [6.07, 6.45) is 0.522. The zero-order chi connectivity index (χ0) is 15.6. The molecule has 3 nitrogen and oxygen atoms in total. The monoisotopic (exact) mass is 344 g/mol. The van der Waals surface area contributed by atoms with Crippen LogP contribution in [-0.4, -0.2) is 15.1 Å². The summed E-state index contributed by atoms with van der Waals surface area (Å²) in [6, 6.07) is 5.35. The molecular weight excluding hydrogens is 331 g/mol. The number of aliphatic hydroxyl groups is 1. The Bertz CT molecular complexity index is 660. The van der Waals surface area contributed by atoms with Gasteiger partial charge < -0.3 is 5.11 Å². The third kappa shape index (κ3) is 3.86. The van der Waals surface area contributed by atoms with E-state index in [4.69, 9.17) is 34.8 Å². The lowest BCUT2D eigenvalue weighted by molar-refractivity contribution is 0.270. The fourth-order valence-electron chi connectivity index (χ4n) is 2.09. The van der Waals surface area contributed by atoms with E-state index in [-0.39, 0.29) is 12.5 Å². The molecule has 1 heterocycles. The highest BCUT2D eigenvalue weighted by atomic mass is 35.5. The second-order valence-corrected chi connectivity index (χ2v) is 6.22. The SMILES string of the molecule is CC(C)c1nc(CO)nc(Cl)c1Cc1ccc(Cl)cc1Cl. The van der Waals surface area contributed by atoms with E-state index in [0.717, 1.165) is 16.8 Å². The highest BCUT2D eigenvalue weighted by Gasteiger charge is 2.17. The third-order valence-electron chi connectivity index (χ3n) is 3.11. The highest BCUT2D eigenvalue weighted by Crippen LogP contribution is 2.29. The van der Waals surface area contributed by atoms with Crippen LogP contribution in [0.1, 0.15) is 42.4 Å². The first kappa shape index (κ1) is 16.5. The summed E-state index contributed by atoms with van der Waals surface area (Å²) in [5.74, 6) is 0.492. The van der Waals surface area contributed by atoms with E-state index in [9.17, 15) is 5.11 Å². The Kier molecular flexibility index (Phi) is 5.44. The van der Waals surface area contributed by atoms with Crippen LogP contribution in [0.5, 0.6) is 0 Å². The molecular formula is C15H15Cl3N2O. The van der Waals surface area contributed by atoms with Crippen LogP contribution in [0.3, 0.4) is 0 Å². The number of rotatable bonds is 4. The number of aliphatic hydroxyl groups excluding tert-OH is 1. The Labute approximate surface area is 138 Å². The Hall–Kier alpha value is -0.870. The van der Waals surface area contributed by atoms with Gasteiger partial charge in [-0.05, 0) is 23.6 Å². The lowest BCUT2D eigenvalue weighted by Crippen LogP contribution is -2.08. The molecule has 1 aromatic heterocycles. The zero-order valence-electron chi connectivity index (χ0n) is 11.7. The van der Waals surface area contributed by atoms with Crippen molar-refractivity contribution in [2.24, 2.45) is 0 Å². The van der Waals surface area contributed by atoms with Gasteiger partial charge >= 0.3 is 0 Å². The van der Waals surface area contributed by atoms with Crippen LogP contribution in [0, 0.1) is 0 Å². The molecule has 0 saturated carbocycles. The fraction of sp³-hybridized carbons (Fsp3) is 0.333. The minimum absolute atomic E-state index is 0.164. The van der Waals surface area contributed by atoms with Gasteiger partial charge in [0, 0.05) is 22.0 Å². The number of hydrogen-bond donors (Lipinski definition) is 1. The number of benzene rings is 1. The van der Waals surface area contributed by atoms with Crippen molar-refractivity contribution in [1.82, 2.24) is 9.97 Å². The van der Waals surface area contributed by atoms with Gasteiger partial charge in [0.15, 0.2) is 5.82 Å². The summed E-state index contributed by atoms with van der Waals surface area (Å²) in [6.45, 7) is 3.81. The minimum atomic E-state index is -0.235. The second kappa shape index (κ2) is 6.93. The Morgan fingerprint density at radius 1 is 1.14 bits per heavy atom. The van der Waals surface area contributed by atoms with Gasteiger partial charge in [-0.1, -0.05) is 54.7 Å². The molecule has 0 radical (unpaired) electrons. The van der Waals surface area contributed by atoms with Crippen molar-refractivity contribution < 1.29 is 5.11 Å². The topological polar surface area (TPSA) is 46.0 Å². The molecule has 0 aliphatic carbocycles. The first-order valence-corrected chi connectivity index (χ1v) is 7.65. The van der Waals surface area contributed by atoms with Crippen molar-refractivity contribution in [2.45, 2.75) is 32.8 Å². The van der Waals surface area contributed by atoms with Crippen molar-refractivity contribution in [3.8, 4) is 0 Å². The molecule has 0 atom stereocenters.